The van der Waals surface area contributed by atoms with Gasteiger partial charge in [-0.25, -0.2) is 0 Å². The van der Waals surface area contributed by atoms with Crippen molar-refractivity contribution in [3.05, 3.63) is 164 Å². The predicted molar refractivity (Wildman–Crippen MR) is 191 cm³/mol. The normalized spacial score (nSPS) is 11.3. The van der Waals surface area contributed by atoms with Gasteiger partial charge in [0.25, 0.3) is 0 Å². The van der Waals surface area contributed by atoms with Gasteiger partial charge >= 0.3 is 7.12 Å². The zero-order chi connectivity index (χ0) is 30.3. The van der Waals surface area contributed by atoms with Crippen molar-refractivity contribution < 1.29 is 10.0 Å². The Labute approximate surface area is 262 Å². The molecule has 3 heteroatoms. The van der Waals surface area contributed by atoms with Gasteiger partial charge in [0.05, 0.1) is 0 Å². The zero-order valence-corrected chi connectivity index (χ0v) is 24.6. The molecule has 0 spiro atoms. The maximum atomic E-state index is 10.2. The van der Waals surface area contributed by atoms with E-state index in [1.54, 1.807) is 0 Å². The van der Waals surface area contributed by atoms with Crippen molar-refractivity contribution in [1.82, 2.24) is 0 Å². The Balaban J connectivity index is 1.76. The molecule has 0 aliphatic carbocycles. The molecule has 45 heavy (non-hydrogen) atoms. The van der Waals surface area contributed by atoms with E-state index >= 15 is 0 Å². The van der Waals surface area contributed by atoms with Gasteiger partial charge in [0.2, 0.25) is 0 Å². The third-order valence-electron chi connectivity index (χ3n) is 8.85. The lowest BCUT2D eigenvalue weighted by atomic mass is 9.75. The third kappa shape index (κ3) is 4.53. The van der Waals surface area contributed by atoms with Crippen LogP contribution in [0.25, 0.3) is 76.8 Å². The predicted octanol–water partition coefficient (Wildman–Crippen LogP) is 9.49. The molecule has 0 aliphatic heterocycles. The largest absolute Gasteiger partial charge is 0.488 e. The van der Waals surface area contributed by atoms with E-state index in [0.717, 1.165) is 54.7 Å². The van der Waals surface area contributed by atoms with E-state index in [9.17, 15) is 10.0 Å². The van der Waals surface area contributed by atoms with Crippen LogP contribution < -0.4 is 5.46 Å². The third-order valence-corrected chi connectivity index (χ3v) is 8.85. The van der Waals surface area contributed by atoms with E-state index in [1.165, 1.54) is 22.1 Å². The Hall–Kier alpha value is -5.48. The average molecular weight is 577 g/mol. The molecule has 0 heterocycles. The lowest BCUT2D eigenvalue weighted by Gasteiger charge is -2.26. The molecule has 0 aliphatic rings. The van der Waals surface area contributed by atoms with E-state index in [0.29, 0.717) is 5.46 Å². The second-order valence-electron chi connectivity index (χ2n) is 11.4. The van der Waals surface area contributed by atoms with Crippen LogP contribution in [-0.2, 0) is 0 Å². The molecule has 0 fully saturated rings. The number of hydrogen-bond acceptors (Lipinski definition) is 2. The fourth-order valence-electron chi connectivity index (χ4n) is 6.96. The maximum absolute atomic E-state index is 10.2. The van der Waals surface area contributed by atoms with Gasteiger partial charge in [0.15, 0.2) is 0 Å². The summed E-state index contributed by atoms with van der Waals surface area (Å²) in [4.78, 5) is 0. The van der Waals surface area contributed by atoms with Gasteiger partial charge in [-0.1, -0.05) is 164 Å². The molecule has 0 radical (unpaired) electrons. The lowest BCUT2D eigenvalue weighted by molar-refractivity contribution is 0.426. The number of hydrogen-bond donors (Lipinski definition) is 2. The molecule has 2 nitrogen and oxygen atoms in total. The van der Waals surface area contributed by atoms with Crippen LogP contribution in [0.1, 0.15) is 0 Å². The van der Waals surface area contributed by atoms with Crippen LogP contribution in [0.2, 0.25) is 0 Å². The molecule has 0 saturated heterocycles. The van der Waals surface area contributed by atoms with Crippen LogP contribution in [0.4, 0.5) is 0 Å². The molecule has 0 saturated carbocycles. The van der Waals surface area contributed by atoms with Gasteiger partial charge in [0, 0.05) is 0 Å². The van der Waals surface area contributed by atoms with Gasteiger partial charge in [-0.05, 0) is 82.3 Å². The van der Waals surface area contributed by atoms with Crippen LogP contribution in [-0.4, -0.2) is 17.2 Å². The summed E-state index contributed by atoms with van der Waals surface area (Å²) in [6, 6.07) is 57.2. The highest BCUT2D eigenvalue weighted by Gasteiger charge is 2.27. The van der Waals surface area contributed by atoms with Crippen LogP contribution in [0, 0.1) is 0 Å². The smallest absolute Gasteiger partial charge is 0.423 e. The second kappa shape index (κ2) is 11.2. The zero-order valence-electron chi connectivity index (χ0n) is 24.6. The average Bonchev–Trinajstić information content (AvgIpc) is 3.11. The quantitative estimate of drug-likeness (QED) is 0.158. The first-order valence-electron chi connectivity index (χ1n) is 15.3. The molecule has 0 aromatic heterocycles. The maximum Gasteiger partial charge on any atom is 0.488 e. The summed E-state index contributed by atoms with van der Waals surface area (Å²) in [6.07, 6.45) is 0. The van der Waals surface area contributed by atoms with Crippen LogP contribution in [0.15, 0.2) is 164 Å². The SMILES string of the molecule is OB(O)c1ccc2c(c1)c1ccccc1c1c(-c3ccccc3)c(-c3ccccc3)c(-c3ccccc3)c(-c3ccccc3)c21. The number of rotatable bonds is 5. The van der Waals surface area contributed by atoms with Gasteiger partial charge < -0.3 is 10.0 Å². The van der Waals surface area contributed by atoms with Crippen molar-refractivity contribution >= 4 is 44.9 Å². The summed E-state index contributed by atoms with van der Waals surface area (Å²) in [7, 11) is -1.56. The number of fused-ring (bicyclic) bond motifs is 6. The molecule has 8 aromatic carbocycles. The molecular weight excluding hydrogens is 547 g/mol. The highest BCUT2D eigenvalue weighted by molar-refractivity contribution is 6.59. The van der Waals surface area contributed by atoms with Crippen molar-refractivity contribution in [3.8, 4) is 44.5 Å². The van der Waals surface area contributed by atoms with E-state index in [4.69, 9.17) is 0 Å². The summed E-state index contributed by atoms with van der Waals surface area (Å²) in [5.74, 6) is 0. The molecule has 2 N–H and O–H groups in total. The van der Waals surface area contributed by atoms with Gasteiger partial charge in [-0.15, -0.1) is 0 Å². The monoisotopic (exact) mass is 576 g/mol. The number of benzene rings is 8. The van der Waals surface area contributed by atoms with Crippen molar-refractivity contribution in [3.63, 3.8) is 0 Å². The Morgan fingerprint density at radius 1 is 0.311 bits per heavy atom. The van der Waals surface area contributed by atoms with E-state index < -0.39 is 7.12 Å². The molecule has 0 atom stereocenters. The fraction of sp³-hybridized carbons (Fsp3) is 0. The minimum Gasteiger partial charge on any atom is -0.423 e. The van der Waals surface area contributed by atoms with Crippen molar-refractivity contribution in [2.75, 3.05) is 0 Å². The Bertz CT molecular complexity index is 2320. The standard InChI is InChI=1S/C42H29BO2/c44-43(45)32-25-26-35-36(27-32)33-23-13-14-24-34(33)41-39(30-19-9-3-10-20-30)37(28-15-5-1-6-16-28)38(29-17-7-2-8-18-29)40(42(35)41)31-21-11-4-12-22-31/h1-27,44-45H. The Morgan fingerprint density at radius 3 is 1.09 bits per heavy atom. The molecule has 212 valence electrons. The van der Waals surface area contributed by atoms with Gasteiger partial charge in [-0.2, -0.15) is 0 Å². The first kappa shape index (κ1) is 27.1. The van der Waals surface area contributed by atoms with E-state index in [2.05, 4.69) is 152 Å². The minimum absolute atomic E-state index is 0.473. The topological polar surface area (TPSA) is 40.5 Å². The van der Waals surface area contributed by atoms with Gasteiger partial charge in [-0.3, -0.25) is 0 Å². The van der Waals surface area contributed by atoms with Crippen molar-refractivity contribution in [2.24, 2.45) is 0 Å². The molecule has 0 bridgehead atoms. The van der Waals surface area contributed by atoms with E-state index in [1.807, 2.05) is 12.1 Å². The van der Waals surface area contributed by atoms with Crippen molar-refractivity contribution in [2.45, 2.75) is 0 Å². The van der Waals surface area contributed by atoms with E-state index in [-0.39, 0.29) is 0 Å². The Kier molecular flexibility index (Phi) is 6.76. The van der Waals surface area contributed by atoms with Crippen LogP contribution >= 0.6 is 0 Å². The summed E-state index contributed by atoms with van der Waals surface area (Å²) >= 11 is 0. The second-order valence-corrected chi connectivity index (χ2v) is 11.4. The molecule has 8 rings (SSSR count). The highest BCUT2D eigenvalue weighted by Crippen LogP contribution is 2.54. The fourth-order valence-corrected chi connectivity index (χ4v) is 6.96. The molecule has 0 unspecified atom stereocenters. The minimum atomic E-state index is -1.56. The summed E-state index contributed by atoms with van der Waals surface area (Å²) in [5, 5.41) is 27.0. The van der Waals surface area contributed by atoms with Crippen LogP contribution in [0.5, 0.6) is 0 Å². The van der Waals surface area contributed by atoms with Gasteiger partial charge in [0.1, 0.15) is 0 Å². The van der Waals surface area contributed by atoms with Crippen molar-refractivity contribution in [1.29, 1.82) is 0 Å². The summed E-state index contributed by atoms with van der Waals surface area (Å²) in [6.45, 7) is 0. The highest BCUT2D eigenvalue weighted by atomic mass is 16.4. The summed E-state index contributed by atoms with van der Waals surface area (Å²) in [5.41, 5.74) is 9.72. The molecular formula is C42H29BO2. The summed E-state index contributed by atoms with van der Waals surface area (Å²) < 4.78 is 0. The first-order valence-corrected chi connectivity index (χ1v) is 15.3. The Morgan fingerprint density at radius 2 is 0.667 bits per heavy atom. The molecule has 8 aromatic rings. The van der Waals surface area contributed by atoms with Crippen LogP contribution in [0.3, 0.4) is 0 Å². The molecule has 0 amide bonds. The first-order chi connectivity index (χ1) is 22.2. The lowest BCUT2D eigenvalue weighted by Crippen LogP contribution is -2.29.